The van der Waals surface area contributed by atoms with Gasteiger partial charge in [-0.1, -0.05) is 0 Å². The van der Waals surface area contributed by atoms with E-state index in [1.807, 2.05) is 0 Å². The largest absolute Gasteiger partial charge is 0.407 e. The van der Waals surface area contributed by atoms with E-state index in [-0.39, 0.29) is 17.3 Å². The van der Waals surface area contributed by atoms with Gasteiger partial charge >= 0.3 is 10.4 Å². The minimum Gasteiger partial charge on any atom is -0.382 e. The first-order valence-corrected chi connectivity index (χ1v) is 6.47. The SMILES string of the molecule is CC(O)NN(c1c(N)nn(C)c1N)C1OS(=O)(=O)O1. The lowest BCUT2D eigenvalue weighted by Gasteiger charge is -2.36. The van der Waals surface area contributed by atoms with Crippen molar-refractivity contribution in [3.63, 3.8) is 0 Å². The van der Waals surface area contributed by atoms with Crippen LogP contribution in [-0.2, 0) is 25.8 Å². The molecular formula is C7H14N6O5S. The highest BCUT2D eigenvalue weighted by Crippen LogP contribution is 2.33. The molecule has 1 aliphatic heterocycles. The molecule has 1 aliphatic rings. The molecule has 2 heterocycles. The number of anilines is 3. The molecule has 0 amide bonds. The van der Waals surface area contributed by atoms with E-state index in [1.165, 1.54) is 11.6 Å². The molecule has 6 N–H and O–H groups in total. The fourth-order valence-electron chi connectivity index (χ4n) is 1.52. The molecule has 0 aromatic carbocycles. The van der Waals surface area contributed by atoms with E-state index >= 15 is 0 Å². The van der Waals surface area contributed by atoms with Crippen molar-refractivity contribution in [1.29, 1.82) is 0 Å². The van der Waals surface area contributed by atoms with Gasteiger partial charge in [0.05, 0.1) is 0 Å². The number of nitrogens with zero attached hydrogens (tertiary/aromatic N) is 3. The first-order valence-electron chi connectivity index (χ1n) is 5.14. The Hall–Kier alpha value is -1.60. The summed E-state index contributed by atoms with van der Waals surface area (Å²) in [5.74, 6) is 0.159. The van der Waals surface area contributed by atoms with Gasteiger partial charge in [0.15, 0.2) is 5.82 Å². The summed E-state index contributed by atoms with van der Waals surface area (Å²) in [7, 11) is -2.46. The molecule has 0 aliphatic carbocycles. The fraction of sp³-hybridized carbons (Fsp3) is 0.571. The van der Waals surface area contributed by atoms with Gasteiger partial charge in [-0.2, -0.15) is 21.9 Å². The van der Waals surface area contributed by atoms with E-state index in [0.29, 0.717) is 0 Å². The number of hydrazine groups is 1. The van der Waals surface area contributed by atoms with E-state index in [4.69, 9.17) is 11.5 Å². The molecule has 19 heavy (non-hydrogen) atoms. The molecule has 0 bridgehead atoms. The summed E-state index contributed by atoms with van der Waals surface area (Å²) in [6.07, 6.45) is -2.36. The predicted molar refractivity (Wildman–Crippen MR) is 64.2 cm³/mol. The number of aliphatic hydroxyl groups excluding tert-OH is 1. The third kappa shape index (κ3) is 2.57. The van der Waals surface area contributed by atoms with Crippen molar-refractivity contribution >= 4 is 27.7 Å². The monoisotopic (exact) mass is 294 g/mol. The molecule has 1 aromatic rings. The second kappa shape index (κ2) is 4.50. The third-order valence-electron chi connectivity index (χ3n) is 2.27. The topological polar surface area (TPSA) is 158 Å². The number of nitrogen functional groups attached to an aromatic ring is 2. The van der Waals surface area contributed by atoms with Crippen LogP contribution in [0.5, 0.6) is 0 Å². The Bertz CT molecular complexity index is 571. The van der Waals surface area contributed by atoms with Crippen molar-refractivity contribution in [2.45, 2.75) is 19.6 Å². The van der Waals surface area contributed by atoms with Crippen LogP contribution in [0.2, 0.25) is 0 Å². The summed E-state index contributed by atoms with van der Waals surface area (Å²) in [6, 6.07) is 0. The van der Waals surface area contributed by atoms with E-state index in [2.05, 4.69) is 18.9 Å². The average molecular weight is 294 g/mol. The summed E-state index contributed by atoms with van der Waals surface area (Å²) in [4.78, 5) is 0. The van der Waals surface area contributed by atoms with Gasteiger partial charge in [-0.15, -0.1) is 0 Å². The number of aliphatic hydroxyl groups is 1. The summed E-state index contributed by atoms with van der Waals surface area (Å²) in [5.41, 5.74) is 14.1. The lowest BCUT2D eigenvalue weighted by molar-refractivity contribution is -0.0918. The van der Waals surface area contributed by atoms with Crippen LogP contribution in [0.1, 0.15) is 6.92 Å². The maximum Gasteiger partial charge on any atom is 0.407 e. The van der Waals surface area contributed by atoms with Crippen LogP contribution in [-0.4, -0.2) is 35.9 Å². The van der Waals surface area contributed by atoms with Gasteiger partial charge < -0.3 is 16.6 Å². The Morgan fingerprint density at radius 2 is 2.11 bits per heavy atom. The van der Waals surface area contributed by atoms with Crippen LogP contribution in [0.25, 0.3) is 0 Å². The van der Waals surface area contributed by atoms with Crippen LogP contribution in [0.3, 0.4) is 0 Å². The Morgan fingerprint density at radius 3 is 2.47 bits per heavy atom. The zero-order chi connectivity index (χ0) is 14.4. The molecule has 11 nitrogen and oxygen atoms in total. The van der Waals surface area contributed by atoms with Crippen molar-refractivity contribution in [2.75, 3.05) is 16.5 Å². The van der Waals surface area contributed by atoms with E-state index in [0.717, 1.165) is 5.01 Å². The molecule has 1 saturated heterocycles. The zero-order valence-electron chi connectivity index (χ0n) is 10.1. The van der Waals surface area contributed by atoms with Gasteiger partial charge in [0, 0.05) is 7.05 Å². The zero-order valence-corrected chi connectivity index (χ0v) is 11.0. The van der Waals surface area contributed by atoms with Crippen LogP contribution >= 0.6 is 0 Å². The van der Waals surface area contributed by atoms with Gasteiger partial charge in [0.1, 0.15) is 17.7 Å². The van der Waals surface area contributed by atoms with Crippen molar-refractivity contribution in [2.24, 2.45) is 7.05 Å². The van der Waals surface area contributed by atoms with Crippen LogP contribution in [0.4, 0.5) is 17.3 Å². The number of aromatic nitrogens is 2. The number of nitrogens with one attached hydrogen (secondary N) is 1. The second-order valence-electron chi connectivity index (χ2n) is 3.83. The number of hydrogen-bond acceptors (Lipinski definition) is 10. The summed E-state index contributed by atoms with van der Waals surface area (Å²) in [5, 5.41) is 14.3. The van der Waals surface area contributed by atoms with Crippen molar-refractivity contribution in [3.05, 3.63) is 0 Å². The lowest BCUT2D eigenvalue weighted by Crippen LogP contribution is -2.58. The molecule has 2 rings (SSSR count). The normalized spacial score (nSPS) is 19.9. The smallest absolute Gasteiger partial charge is 0.382 e. The van der Waals surface area contributed by atoms with Crippen LogP contribution in [0, 0.1) is 0 Å². The molecular weight excluding hydrogens is 280 g/mol. The van der Waals surface area contributed by atoms with Gasteiger partial charge in [0.2, 0.25) is 0 Å². The Labute approximate surface area is 109 Å². The number of nitrogens with two attached hydrogens (primary N) is 2. The molecule has 1 unspecified atom stereocenters. The maximum atomic E-state index is 10.8. The maximum absolute atomic E-state index is 10.8. The van der Waals surface area contributed by atoms with Crippen LogP contribution < -0.4 is 21.9 Å². The Kier molecular flexibility index (Phi) is 3.27. The highest BCUT2D eigenvalue weighted by molar-refractivity contribution is 7.82. The standard InChI is InChI=1S/C7H14N6O5S/c1-3(14)10-13(7-17-19(15,16)18-7)4-5(8)11-12(2)6(4)9/h3,7,10,14H,9H2,1-2H3,(H2,8,11). The number of aryl methyl sites for hydroxylation is 1. The van der Waals surface area contributed by atoms with Crippen molar-refractivity contribution < 1.29 is 21.9 Å². The van der Waals surface area contributed by atoms with Gasteiger partial charge in [0.25, 0.3) is 6.41 Å². The Balaban J connectivity index is 2.33. The quantitative estimate of drug-likeness (QED) is 0.355. The van der Waals surface area contributed by atoms with Crippen molar-refractivity contribution in [1.82, 2.24) is 15.2 Å². The van der Waals surface area contributed by atoms with E-state index < -0.39 is 23.0 Å². The molecule has 1 aromatic heterocycles. The van der Waals surface area contributed by atoms with E-state index in [9.17, 15) is 13.5 Å². The molecule has 1 atom stereocenters. The van der Waals surface area contributed by atoms with Crippen LogP contribution in [0.15, 0.2) is 0 Å². The van der Waals surface area contributed by atoms with Crippen molar-refractivity contribution in [3.8, 4) is 0 Å². The predicted octanol–water partition coefficient (Wildman–Crippen LogP) is -2.19. The lowest BCUT2D eigenvalue weighted by atomic mass is 10.4. The number of hydrogen-bond donors (Lipinski definition) is 4. The highest BCUT2D eigenvalue weighted by Gasteiger charge is 2.43. The molecule has 0 spiro atoms. The van der Waals surface area contributed by atoms with E-state index in [1.54, 1.807) is 7.05 Å². The summed E-state index contributed by atoms with van der Waals surface area (Å²) >= 11 is 0. The Morgan fingerprint density at radius 1 is 1.53 bits per heavy atom. The summed E-state index contributed by atoms with van der Waals surface area (Å²) < 4.78 is 32.0. The summed E-state index contributed by atoms with van der Waals surface area (Å²) in [6.45, 7) is 1.41. The average Bonchev–Trinajstić information content (AvgIpc) is 2.47. The molecule has 108 valence electrons. The minimum atomic E-state index is -4.01. The molecule has 12 heteroatoms. The molecule has 0 radical (unpaired) electrons. The first kappa shape index (κ1) is 13.8. The third-order valence-corrected chi connectivity index (χ3v) is 3.07. The molecule has 1 fully saturated rings. The number of rotatable bonds is 4. The fourth-order valence-corrected chi connectivity index (χ4v) is 2.11. The van der Waals surface area contributed by atoms with Gasteiger partial charge in [-0.3, -0.25) is 0 Å². The highest BCUT2D eigenvalue weighted by atomic mass is 32.3. The van der Waals surface area contributed by atoms with Gasteiger partial charge in [-0.25, -0.2) is 15.1 Å². The first-order chi connectivity index (χ1) is 8.71. The van der Waals surface area contributed by atoms with Gasteiger partial charge in [-0.05, 0) is 6.92 Å². The minimum absolute atomic E-state index is 0.0182. The molecule has 0 saturated carbocycles. The second-order valence-corrected chi connectivity index (χ2v) is 5.03.